The molecule has 0 radical (unpaired) electrons. The Morgan fingerprint density at radius 3 is 1.57 bits per heavy atom. The van der Waals surface area contributed by atoms with E-state index in [2.05, 4.69) is 217 Å². The van der Waals surface area contributed by atoms with Gasteiger partial charge in [-0.3, -0.25) is 0 Å². The van der Waals surface area contributed by atoms with Crippen LogP contribution in [0.5, 0.6) is 0 Å². The van der Waals surface area contributed by atoms with Gasteiger partial charge in [-0.15, -0.1) is 0 Å². The summed E-state index contributed by atoms with van der Waals surface area (Å²) in [7, 11) is 0. The van der Waals surface area contributed by atoms with Crippen LogP contribution >= 0.6 is 0 Å². The van der Waals surface area contributed by atoms with E-state index in [9.17, 15) is 0 Å². The molecule has 4 heteroatoms. The van der Waals surface area contributed by atoms with Crippen molar-refractivity contribution in [3.8, 4) is 62.1 Å². The molecule has 0 amide bonds. The van der Waals surface area contributed by atoms with E-state index in [0.717, 1.165) is 49.8 Å². The molecule has 4 nitrogen and oxygen atoms in total. The molecule has 13 rings (SSSR count). The van der Waals surface area contributed by atoms with Gasteiger partial charge < -0.3 is 4.57 Å². The molecule has 0 unspecified atom stereocenters. The number of hydrogen-bond acceptors (Lipinski definition) is 3. The molecule has 302 valence electrons. The topological polar surface area (TPSA) is 43.6 Å². The summed E-state index contributed by atoms with van der Waals surface area (Å²) in [5, 5.41) is 12.2. The highest BCUT2D eigenvalue weighted by atomic mass is 15.0. The van der Waals surface area contributed by atoms with Crippen molar-refractivity contribution < 1.29 is 0 Å². The minimum Gasteiger partial charge on any atom is -0.309 e. The molecule has 0 aliphatic heterocycles. The van der Waals surface area contributed by atoms with E-state index >= 15 is 0 Å². The number of benzene rings is 11. The second-order valence-electron chi connectivity index (χ2n) is 16.7. The van der Waals surface area contributed by atoms with Crippen LogP contribution < -0.4 is 0 Å². The Kier molecular flexibility index (Phi) is 8.50. The summed E-state index contributed by atoms with van der Waals surface area (Å²) in [5.41, 5.74) is 10.8. The third-order valence-electron chi connectivity index (χ3n) is 13.0. The first-order valence-electron chi connectivity index (χ1n) is 22.1. The van der Waals surface area contributed by atoms with Crippen molar-refractivity contribution in [1.29, 1.82) is 0 Å². The zero-order valence-electron chi connectivity index (χ0n) is 35.2. The molecular weight excluding hydrogens is 789 g/mol. The highest BCUT2D eigenvalue weighted by molar-refractivity contribution is 6.29. The lowest BCUT2D eigenvalue weighted by atomic mass is 9.94. The lowest BCUT2D eigenvalue weighted by Gasteiger charge is -2.15. The van der Waals surface area contributed by atoms with Crippen molar-refractivity contribution in [2.75, 3.05) is 0 Å². The molecule has 0 saturated heterocycles. The average Bonchev–Trinajstić information content (AvgIpc) is 3.73. The fourth-order valence-electron chi connectivity index (χ4n) is 10.0. The third-order valence-corrected chi connectivity index (χ3v) is 13.0. The van der Waals surface area contributed by atoms with Crippen molar-refractivity contribution in [3.05, 3.63) is 231 Å². The van der Waals surface area contributed by atoms with Crippen LogP contribution in [0.3, 0.4) is 0 Å². The molecule has 2 aromatic heterocycles. The van der Waals surface area contributed by atoms with Gasteiger partial charge in [-0.1, -0.05) is 194 Å². The van der Waals surface area contributed by atoms with Gasteiger partial charge in [0.05, 0.1) is 16.7 Å². The summed E-state index contributed by atoms with van der Waals surface area (Å²) in [6, 6.07) is 82.3. The highest BCUT2D eigenvalue weighted by Crippen LogP contribution is 2.43. The summed E-state index contributed by atoms with van der Waals surface area (Å²) in [6.45, 7) is 0. The molecule has 0 fully saturated rings. The van der Waals surface area contributed by atoms with Gasteiger partial charge in [0, 0.05) is 32.8 Å². The van der Waals surface area contributed by atoms with Crippen LogP contribution in [0.4, 0.5) is 0 Å². The first kappa shape index (κ1) is 36.9. The van der Waals surface area contributed by atoms with Crippen LogP contribution in [0.2, 0.25) is 0 Å². The third kappa shape index (κ3) is 6.11. The molecule has 0 N–H and O–H groups in total. The fraction of sp³-hybridized carbons (Fsp3) is 0. The van der Waals surface area contributed by atoms with E-state index in [1.54, 1.807) is 0 Å². The van der Waals surface area contributed by atoms with E-state index < -0.39 is 0 Å². The standard InChI is InChI=1S/C61H38N4/c1-3-15-39(16-4-1)43-20-13-21-44(37-43)45-22-14-23-46(38-45)60-62-59(42-18-5-2-6-19-42)63-61(64-60)52-34-35-55(49-26-10-9-25-48(49)52)65-54-28-12-11-27-53(54)58-51-32-31-41-30-29-40-17-7-8-24-47(40)57(41)50(51)33-36-56(58)65/h1-38H. The highest BCUT2D eigenvalue weighted by Gasteiger charge is 2.21. The Balaban J connectivity index is 0.991. The minimum absolute atomic E-state index is 0.623. The van der Waals surface area contributed by atoms with Crippen LogP contribution in [0.25, 0.3) is 127 Å². The number of fused-ring (bicyclic) bond motifs is 10. The smallest absolute Gasteiger partial charge is 0.164 e. The molecule has 13 aromatic rings. The van der Waals surface area contributed by atoms with Gasteiger partial charge in [0.1, 0.15) is 0 Å². The van der Waals surface area contributed by atoms with E-state index in [1.807, 2.05) is 18.2 Å². The summed E-state index contributed by atoms with van der Waals surface area (Å²) in [6.07, 6.45) is 0. The van der Waals surface area contributed by atoms with Crippen LogP contribution in [-0.4, -0.2) is 19.5 Å². The molecule has 2 heterocycles. The predicted octanol–water partition coefficient (Wildman–Crippen LogP) is 15.9. The number of aromatic nitrogens is 4. The van der Waals surface area contributed by atoms with Crippen LogP contribution in [0.1, 0.15) is 0 Å². The quantitative estimate of drug-likeness (QED) is 0.157. The first-order chi connectivity index (χ1) is 32.2. The van der Waals surface area contributed by atoms with Gasteiger partial charge >= 0.3 is 0 Å². The molecule has 0 saturated carbocycles. The maximum absolute atomic E-state index is 5.29. The number of nitrogens with zero attached hydrogens (tertiary/aromatic N) is 4. The summed E-state index contributed by atoms with van der Waals surface area (Å²) in [4.78, 5) is 15.7. The Morgan fingerprint density at radius 1 is 0.262 bits per heavy atom. The van der Waals surface area contributed by atoms with E-state index in [4.69, 9.17) is 15.0 Å². The minimum atomic E-state index is 0.623. The summed E-state index contributed by atoms with van der Waals surface area (Å²) >= 11 is 0. The second kappa shape index (κ2) is 15.0. The van der Waals surface area contributed by atoms with Gasteiger partial charge in [-0.05, 0) is 96.4 Å². The van der Waals surface area contributed by atoms with Crippen molar-refractivity contribution in [2.24, 2.45) is 0 Å². The van der Waals surface area contributed by atoms with Gasteiger partial charge in [0.25, 0.3) is 0 Å². The number of hydrogen-bond donors (Lipinski definition) is 0. The first-order valence-corrected chi connectivity index (χ1v) is 22.1. The molecule has 0 atom stereocenters. The van der Waals surface area contributed by atoms with Gasteiger partial charge in [-0.2, -0.15) is 0 Å². The predicted molar refractivity (Wildman–Crippen MR) is 271 cm³/mol. The molecule has 0 bridgehead atoms. The maximum atomic E-state index is 5.29. The lowest BCUT2D eigenvalue weighted by Crippen LogP contribution is -2.02. The van der Waals surface area contributed by atoms with Crippen molar-refractivity contribution in [2.45, 2.75) is 0 Å². The van der Waals surface area contributed by atoms with Crippen LogP contribution in [0.15, 0.2) is 231 Å². The monoisotopic (exact) mass is 826 g/mol. The van der Waals surface area contributed by atoms with E-state index in [-0.39, 0.29) is 0 Å². The van der Waals surface area contributed by atoms with Gasteiger partial charge in [-0.25, -0.2) is 15.0 Å². The molecule has 0 aliphatic rings. The Bertz CT molecular complexity index is 4000. The fourth-order valence-corrected chi connectivity index (χ4v) is 10.0. The number of para-hydroxylation sites is 1. The zero-order chi connectivity index (χ0) is 42.8. The maximum Gasteiger partial charge on any atom is 0.164 e. The molecule has 11 aromatic carbocycles. The van der Waals surface area contributed by atoms with Crippen LogP contribution in [-0.2, 0) is 0 Å². The number of rotatable bonds is 6. The van der Waals surface area contributed by atoms with E-state index in [0.29, 0.717) is 17.5 Å². The van der Waals surface area contributed by atoms with E-state index in [1.165, 1.54) is 59.7 Å². The Hall–Kier alpha value is -8.73. The molecule has 0 spiro atoms. The normalized spacial score (nSPS) is 11.7. The van der Waals surface area contributed by atoms with Crippen LogP contribution in [0, 0.1) is 0 Å². The largest absolute Gasteiger partial charge is 0.309 e. The Labute approximate surface area is 375 Å². The van der Waals surface area contributed by atoms with Crippen molar-refractivity contribution >= 4 is 64.9 Å². The molecule has 0 aliphatic carbocycles. The molecule has 65 heavy (non-hydrogen) atoms. The van der Waals surface area contributed by atoms with Gasteiger partial charge in [0.15, 0.2) is 17.5 Å². The zero-order valence-corrected chi connectivity index (χ0v) is 35.2. The summed E-state index contributed by atoms with van der Waals surface area (Å²) in [5.74, 6) is 1.88. The average molecular weight is 827 g/mol. The molecular formula is C61H38N4. The SMILES string of the molecule is c1ccc(-c2cccc(-c3cccc(-c4nc(-c5ccccc5)nc(-c5ccc(-n6c7ccccc7c7c8ccc9ccc%10ccccc%10c9c8ccc76)c6ccccc56)n4)c3)c2)cc1. The summed E-state index contributed by atoms with van der Waals surface area (Å²) < 4.78 is 2.44. The second-order valence-corrected chi connectivity index (χ2v) is 16.7. The Morgan fingerprint density at radius 2 is 0.785 bits per heavy atom. The lowest BCUT2D eigenvalue weighted by molar-refractivity contribution is 1.08. The van der Waals surface area contributed by atoms with Crippen molar-refractivity contribution in [3.63, 3.8) is 0 Å². The van der Waals surface area contributed by atoms with Gasteiger partial charge in [0.2, 0.25) is 0 Å². The van der Waals surface area contributed by atoms with Crippen molar-refractivity contribution in [1.82, 2.24) is 19.5 Å².